The summed E-state index contributed by atoms with van der Waals surface area (Å²) in [4.78, 5) is 50.2. The summed E-state index contributed by atoms with van der Waals surface area (Å²) >= 11 is 0. The van der Waals surface area contributed by atoms with Gasteiger partial charge in [0.15, 0.2) is 5.78 Å². The summed E-state index contributed by atoms with van der Waals surface area (Å²) in [5.41, 5.74) is 1.99. The Morgan fingerprint density at radius 2 is 1.58 bits per heavy atom. The number of para-hydroxylation sites is 1. The van der Waals surface area contributed by atoms with Crippen LogP contribution < -0.4 is 15.2 Å². The third-order valence-corrected chi connectivity index (χ3v) is 5.33. The Balaban J connectivity index is 1.48. The van der Waals surface area contributed by atoms with Crippen LogP contribution in [0.15, 0.2) is 59.7 Å². The van der Waals surface area contributed by atoms with Crippen LogP contribution in [0.3, 0.4) is 0 Å². The zero-order valence-electron chi connectivity index (χ0n) is 17.1. The average Bonchev–Trinajstić information content (AvgIpc) is 3.22. The van der Waals surface area contributed by atoms with Gasteiger partial charge in [0.05, 0.1) is 11.4 Å². The van der Waals surface area contributed by atoms with Gasteiger partial charge in [0.1, 0.15) is 11.8 Å². The fourth-order valence-electron chi connectivity index (χ4n) is 3.72. The van der Waals surface area contributed by atoms with Crippen LogP contribution in [0.5, 0.6) is 0 Å². The van der Waals surface area contributed by atoms with Crippen molar-refractivity contribution >= 4 is 46.3 Å². The van der Waals surface area contributed by atoms with E-state index in [2.05, 4.69) is 10.4 Å². The molecule has 8 heteroatoms. The number of amides is 3. The lowest BCUT2D eigenvalue weighted by Gasteiger charge is -2.24. The SMILES string of the molecule is CC(=O)C1CC(C(=O)Nc2ccc(N3C(=O)CCCC3=O)cc2)=NN1c1ccccc1. The Hall–Kier alpha value is -3.81. The van der Waals surface area contributed by atoms with Gasteiger partial charge in [-0.25, -0.2) is 0 Å². The largest absolute Gasteiger partial charge is 0.321 e. The normalized spacial score (nSPS) is 18.7. The molecule has 0 radical (unpaired) electrons. The smallest absolute Gasteiger partial charge is 0.271 e. The first kappa shape index (κ1) is 20.5. The van der Waals surface area contributed by atoms with Gasteiger partial charge in [-0.2, -0.15) is 5.10 Å². The van der Waals surface area contributed by atoms with E-state index in [1.807, 2.05) is 30.3 Å². The molecule has 1 N–H and O–H groups in total. The minimum absolute atomic E-state index is 0.0735. The summed E-state index contributed by atoms with van der Waals surface area (Å²) in [6.07, 6.45) is 1.48. The molecule has 0 spiro atoms. The number of hydrogen-bond donors (Lipinski definition) is 1. The van der Waals surface area contributed by atoms with Crippen molar-refractivity contribution < 1.29 is 19.2 Å². The highest BCUT2D eigenvalue weighted by molar-refractivity contribution is 6.44. The standard InChI is InChI=1S/C23H22N4O4/c1-15(28)20-14-19(25-27(20)18-6-3-2-4-7-18)23(31)24-16-10-12-17(13-11-16)26-21(29)8-5-9-22(26)30/h2-4,6-7,10-13,20H,5,8-9,14H2,1H3,(H,24,31). The van der Waals surface area contributed by atoms with E-state index in [9.17, 15) is 19.2 Å². The molecule has 1 atom stereocenters. The van der Waals surface area contributed by atoms with Crippen LogP contribution in [-0.2, 0) is 19.2 Å². The molecule has 2 aromatic rings. The molecule has 8 nitrogen and oxygen atoms in total. The zero-order valence-corrected chi connectivity index (χ0v) is 17.1. The number of ketones is 1. The number of piperidine rings is 1. The number of benzene rings is 2. The quantitative estimate of drug-likeness (QED) is 0.753. The lowest BCUT2D eigenvalue weighted by Crippen LogP contribution is -2.40. The Bertz CT molecular complexity index is 1050. The first-order valence-corrected chi connectivity index (χ1v) is 10.1. The molecule has 0 aliphatic carbocycles. The molecule has 1 unspecified atom stereocenters. The molecule has 31 heavy (non-hydrogen) atoms. The molecule has 4 rings (SSSR count). The van der Waals surface area contributed by atoms with Gasteiger partial charge in [0.2, 0.25) is 11.8 Å². The third kappa shape index (κ3) is 4.23. The summed E-state index contributed by atoms with van der Waals surface area (Å²) in [6, 6.07) is 15.2. The number of Topliss-reactive ketones (excluding diaryl/α,β-unsaturated/α-hetero) is 1. The molecular weight excluding hydrogens is 396 g/mol. The van der Waals surface area contributed by atoms with E-state index in [0.717, 1.165) is 5.69 Å². The topological polar surface area (TPSA) is 99.2 Å². The van der Waals surface area contributed by atoms with Crippen molar-refractivity contribution in [1.29, 1.82) is 0 Å². The molecule has 0 aromatic heterocycles. The van der Waals surface area contributed by atoms with E-state index in [1.165, 1.54) is 11.8 Å². The lowest BCUT2D eigenvalue weighted by molar-refractivity contribution is -0.129. The molecule has 2 aliphatic heterocycles. The molecule has 2 aromatic carbocycles. The number of anilines is 3. The number of carbonyl (C=O) groups is 4. The van der Waals surface area contributed by atoms with Crippen LogP contribution in [0.4, 0.5) is 17.1 Å². The van der Waals surface area contributed by atoms with E-state index >= 15 is 0 Å². The summed E-state index contributed by atoms with van der Waals surface area (Å²) in [5.74, 6) is -0.910. The first-order chi connectivity index (χ1) is 14.9. The highest BCUT2D eigenvalue weighted by atomic mass is 16.2. The maximum absolute atomic E-state index is 12.8. The molecule has 3 amide bonds. The van der Waals surface area contributed by atoms with Crippen LogP contribution in [0.2, 0.25) is 0 Å². The maximum Gasteiger partial charge on any atom is 0.271 e. The minimum Gasteiger partial charge on any atom is -0.321 e. The highest BCUT2D eigenvalue weighted by Gasteiger charge is 2.34. The Labute approximate surface area is 179 Å². The number of hydrazone groups is 1. The van der Waals surface area contributed by atoms with Gasteiger partial charge in [0.25, 0.3) is 5.91 Å². The van der Waals surface area contributed by atoms with Gasteiger partial charge in [-0.1, -0.05) is 18.2 Å². The molecule has 2 aliphatic rings. The zero-order chi connectivity index (χ0) is 22.0. The Morgan fingerprint density at radius 3 is 2.19 bits per heavy atom. The van der Waals surface area contributed by atoms with Crippen LogP contribution >= 0.6 is 0 Å². The number of carbonyl (C=O) groups excluding carboxylic acids is 4. The lowest BCUT2D eigenvalue weighted by atomic mass is 10.1. The van der Waals surface area contributed by atoms with Crippen molar-refractivity contribution in [2.24, 2.45) is 5.10 Å². The predicted molar refractivity (Wildman–Crippen MR) is 117 cm³/mol. The van der Waals surface area contributed by atoms with Crippen molar-refractivity contribution in [3.05, 3.63) is 54.6 Å². The van der Waals surface area contributed by atoms with E-state index in [1.54, 1.807) is 29.3 Å². The second-order valence-corrected chi connectivity index (χ2v) is 7.53. The average molecular weight is 418 g/mol. The van der Waals surface area contributed by atoms with Crippen LogP contribution in [0.1, 0.15) is 32.6 Å². The fraction of sp³-hybridized carbons (Fsp3) is 0.261. The van der Waals surface area contributed by atoms with Crippen molar-refractivity contribution in [3.8, 4) is 0 Å². The van der Waals surface area contributed by atoms with Crippen molar-refractivity contribution in [2.45, 2.75) is 38.6 Å². The number of hydrogen-bond acceptors (Lipinski definition) is 6. The highest BCUT2D eigenvalue weighted by Crippen LogP contribution is 2.26. The second-order valence-electron chi connectivity index (χ2n) is 7.53. The second kappa shape index (κ2) is 8.51. The van der Waals surface area contributed by atoms with Crippen LogP contribution in [-0.4, -0.2) is 35.3 Å². The number of imide groups is 1. The molecule has 1 saturated heterocycles. The number of nitrogens with one attached hydrogen (secondary N) is 1. The molecule has 158 valence electrons. The molecule has 0 saturated carbocycles. The molecular formula is C23H22N4O4. The monoisotopic (exact) mass is 418 g/mol. The predicted octanol–water partition coefficient (Wildman–Crippen LogP) is 2.89. The third-order valence-electron chi connectivity index (χ3n) is 5.33. The van der Waals surface area contributed by atoms with E-state index in [4.69, 9.17) is 0 Å². The molecule has 0 bridgehead atoms. The van der Waals surface area contributed by atoms with Crippen LogP contribution in [0.25, 0.3) is 0 Å². The summed E-state index contributed by atoms with van der Waals surface area (Å²) < 4.78 is 0. The van der Waals surface area contributed by atoms with Crippen molar-refractivity contribution in [3.63, 3.8) is 0 Å². The Morgan fingerprint density at radius 1 is 0.935 bits per heavy atom. The van der Waals surface area contributed by atoms with E-state index in [-0.39, 0.29) is 29.7 Å². The van der Waals surface area contributed by atoms with Crippen molar-refractivity contribution in [2.75, 3.05) is 15.2 Å². The summed E-state index contributed by atoms with van der Waals surface area (Å²) in [5, 5.41) is 8.74. The van der Waals surface area contributed by atoms with E-state index in [0.29, 0.717) is 30.6 Å². The van der Waals surface area contributed by atoms with Gasteiger partial charge in [-0.3, -0.25) is 29.1 Å². The van der Waals surface area contributed by atoms with Gasteiger partial charge >= 0.3 is 0 Å². The number of rotatable bonds is 5. The van der Waals surface area contributed by atoms with Gasteiger partial charge in [-0.05, 0) is 49.7 Å². The fourth-order valence-corrected chi connectivity index (χ4v) is 3.72. The first-order valence-electron chi connectivity index (χ1n) is 10.1. The van der Waals surface area contributed by atoms with Gasteiger partial charge in [0, 0.05) is 24.9 Å². The maximum atomic E-state index is 12.8. The molecule has 1 fully saturated rings. The Kier molecular flexibility index (Phi) is 5.62. The summed E-state index contributed by atoms with van der Waals surface area (Å²) in [6.45, 7) is 1.48. The summed E-state index contributed by atoms with van der Waals surface area (Å²) in [7, 11) is 0. The van der Waals surface area contributed by atoms with Crippen LogP contribution in [0, 0.1) is 0 Å². The number of nitrogens with zero attached hydrogens (tertiary/aromatic N) is 3. The van der Waals surface area contributed by atoms with E-state index < -0.39 is 11.9 Å². The van der Waals surface area contributed by atoms with Gasteiger partial charge in [-0.15, -0.1) is 0 Å². The molecule has 2 heterocycles. The minimum atomic E-state index is -0.526. The van der Waals surface area contributed by atoms with Gasteiger partial charge < -0.3 is 5.32 Å². The van der Waals surface area contributed by atoms with Crippen molar-refractivity contribution in [1.82, 2.24) is 0 Å².